The van der Waals surface area contributed by atoms with Crippen LogP contribution in [-0.4, -0.2) is 39.7 Å². The minimum Gasteiger partial charge on any atom is -0.487 e. The molecule has 1 saturated carbocycles. The summed E-state index contributed by atoms with van der Waals surface area (Å²) in [6, 6.07) is 6.52. The van der Waals surface area contributed by atoms with Crippen molar-refractivity contribution in [2.45, 2.75) is 77.4 Å². The molecule has 0 bridgehead atoms. The quantitative estimate of drug-likeness (QED) is 0.639. The second-order valence-corrected chi connectivity index (χ2v) is 11.4. The van der Waals surface area contributed by atoms with Crippen molar-refractivity contribution < 1.29 is 14.6 Å². The molecule has 5 rings (SSSR count). The lowest BCUT2D eigenvalue weighted by Gasteiger charge is -2.44. The molecule has 3 heterocycles. The fourth-order valence-electron chi connectivity index (χ4n) is 5.70. The van der Waals surface area contributed by atoms with Crippen LogP contribution in [0.3, 0.4) is 0 Å². The maximum absolute atomic E-state index is 11.7. The molecule has 2 aliphatic heterocycles. The van der Waals surface area contributed by atoms with Crippen LogP contribution in [0.5, 0.6) is 5.75 Å². The smallest absolute Gasteiger partial charge is 0.306 e. The van der Waals surface area contributed by atoms with Crippen molar-refractivity contribution in [3.63, 3.8) is 0 Å². The second-order valence-electron chi connectivity index (χ2n) is 10.2. The van der Waals surface area contributed by atoms with E-state index in [0.717, 1.165) is 74.5 Å². The highest BCUT2D eigenvalue weighted by Gasteiger charge is 2.42. The van der Waals surface area contributed by atoms with Gasteiger partial charge < -0.3 is 9.84 Å². The maximum atomic E-state index is 11.7. The number of rotatable bonds is 6. The van der Waals surface area contributed by atoms with Crippen molar-refractivity contribution >= 4 is 17.3 Å². The molecule has 172 valence electrons. The van der Waals surface area contributed by atoms with E-state index in [2.05, 4.69) is 41.9 Å². The Balaban J connectivity index is 1.28. The van der Waals surface area contributed by atoms with Crippen molar-refractivity contribution in [3.05, 3.63) is 44.9 Å². The highest BCUT2D eigenvalue weighted by Crippen LogP contribution is 2.48. The van der Waals surface area contributed by atoms with Crippen molar-refractivity contribution in [1.29, 1.82) is 0 Å². The van der Waals surface area contributed by atoms with E-state index in [1.165, 1.54) is 16.1 Å². The van der Waals surface area contributed by atoms with Crippen molar-refractivity contribution in [1.82, 2.24) is 9.88 Å². The molecule has 1 spiro atoms. The highest BCUT2D eigenvalue weighted by molar-refractivity contribution is 7.11. The monoisotopic (exact) mass is 454 g/mol. The number of nitrogens with zero attached hydrogens (tertiary/aromatic N) is 2. The number of carboxylic acid groups (broad SMARTS) is 1. The number of carbonyl (C=O) groups is 1. The van der Waals surface area contributed by atoms with E-state index in [4.69, 9.17) is 4.74 Å². The summed E-state index contributed by atoms with van der Waals surface area (Å²) in [6.07, 6.45) is 6.49. The first-order valence-electron chi connectivity index (χ1n) is 12.0. The van der Waals surface area contributed by atoms with Gasteiger partial charge in [0.2, 0.25) is 0 Å². The summed E-state index contributed by atoms with van der Waals surface area (Å²) in [5.41, 5.74) is 3.51. The molecule has 6 heteroatoms. The molecule has 2 aromatic rings. The Hall–Kier alpha value is -1.92. The molecule has 1 saturated heterocycles. The van der Waals surface area contributed by atoms with Gasteiger partial charge in [-0.3, -0.25) is 9.69 Å². The number of aliphatic carboxylic acids is 1. The fourth-order valence-corrected chi connectivity index (χ4v) is 6.68. The Bertz CT molecular complexity index is 1000. The number of fused-ring (bicyclic) bond motifs is 1. The molecule has 0 radical (unpaired) electrons. The molecule has 32 heavy (non-hydrogen) atoms. The molecule has 0 amide bonds. The summed E-state index contributed by atoms with van der Waals surface area (Å²) >= 11 is 1.82. The molecule has 1 aliphatic carbocycles. The summed E-state index contributed by atoms with van der Waals surface area (Å²) in [7, 11) is 0. The van der Waals surface area contributed by atoms with Gasteiger partial charge in [0, 0.05) is 24.5 Å². The van der Waals surface area contributed by atoms with Gasteiger partial charge in [0.15, 0.2) is 0 Å². The SMILES string of the molecule is Cc1nc(C)c(CN2CCC3(CCc4ccc([C@H](C5CC5)[C@H](C)C(=O)O)cc4O3)CC2)s1. The van der Waals surface area contributed by atoms with E-state index in [-0.39, 0.29) is 17.4 Å². The second kappa shape index (κ2) is 8.45. The van der Waals surface area contributed by atoms with Gasteiger partial charge in [-0.25, -0.2) is 4.98 Å². The van der Waals surface area contributed by atoms with Crippen LogP contribution in [0.1, 0.15) is 71.7 Å². The molecular formula is C26H34N2O3S. The van der Waals surface area contributed by atoms with Gasteiger partial charge in [-0.1, -0.05) is 19.1 Å². The Morgan fingerprint density at radius 2 is 2.03 bits per heavy atom. The number of aromatic nitrogens is 1. The van der Waals surface area contributed by atoms with Crippen LogP contribution in [0, 0.1) is 25.7 Å². The highest BCUT2D eigenvalue weighted by atomic mass is 32.1. The zero-order chi connectivity index (χ0) is 22.5. The number of aryl methyl sites for hydroxylation is 3. The minimum absolute atomic E-state index is 0.0751. The number of carboxylic acids is 1. The van der Waals surface area contributed by atoms with Crippen LogP contribution in [0.25, 0.3) is 0 Å². The van der Waals surface area contributed by atoms with Gasteiger partial charge >= 0.3 is 5.97 Å². The van der Waals surface area contributed by atoms with Crippen molar-refractivity contribution in [2.24, 2.45) is 11.8 Å². The summed E-state index contributed by atoms with van der Waals surface area (Å²) in [5, 5.41) is 10.8. The van der Waals surface area contributed by atoms with Crippen molar-refractivity contribution in [3.8, 4) is 5.75 Å². The van der Waals surface area contributed by atoms with Crippen LogP contribution < -0.4 is 4.74 Å². The number of likely N-dealkylation sites (tertiary alicyclic amines) is 1. The average Bonchev–Trinajstić information content (AvgIpc) is 3.54. The number of hydrogen-bond donors (Lipinski definition) is 1. The van der Waals surface area contributed by atoms with E-state index in [1.807, 2.05) is 18.3 Å². The Labute approximate surface area is 194 Å². The third kappa shape index (κ3) is 4.32. The molecule has 5 nitrogen and oxygen atoms in total. The number of piperidine rings is 1. The van der Waals surface area contributed by atoms with Crippen molar-refractivity contribution in [2.75, 3.05) is 13.1 Å². The lowest BCUT2D eigenvalue weighted by molar-refractivity contribution is -0.142. The van der Waals surface area contributed by atoms with E-state index in [0.29, 0.717) is 5.92 Å². The van der Waals surface area contributed by atoms with Crippen LogP contribution in [0.4, 0.5) is 0 Å². The largest absolute Gasteiger partial charge is 0.487 e. The molecular weight excluding hydrogens is 420 g/mol. The third-order valence-corrected chi connectivity index (χ3v) is 8.90. The fraction of sp³-hybridized carbons (Fsp3) is 0.615. The van der Waals surface area contributed by atoms with Gasteiger partial charge in [0.1, 0.15) is 11.4 Å². The number of hydrogen-bond acceptors (Lipinski definition) is 5. The molecule has 3 aliphatic rings. The topological polar surface area (TPSA) is 62.7 Å². The molecule has 2 atom stereocenters. The number of ether oxygens (including phenoxy) is 1. The van der Waals surface area contributed by atoms with E-state index in [1.54, 1.807) is 0 Å². The first-order chi connectivity index (χ1) is 15.3. The van der Waals surface area contributed by atoms with Gasteiger partial charge in [-0.05, 0) is 81.4 Å². The summed E-state index contributed by atoms with van der Waals surface area (Å²) < 4.78 is 6.73. The normalized spacial score (nSPS) is 22.2. The summed E-state index contributed by atoms with van der Waals surface area (Å²) in [6.45, 7) is 9.14. The Morgan fingerprint density at radius 1 is 1.28 bits per heavy atom. The maximum Gasteiger partial charge on any atom is 0.306 e. The number of benzene rings is 1. The van der Waals surface area contributed by atoms with Gasteiger partial charge in [-0.15, -0.1) is 11.3 Å². The zero-order valence-corrected chi connectivity index (χ0v) is 20.2. The Kier molecular flexibility index (Phi) is 5.79. The van der Waals surface area contributed by atoms with Crippen LogP contribution in [0.15, 0.2) is 18.2 Å². The van der Waals surface area contributed by atoms with Crippen LogP contribution in [0.2, 0.25) is 0 Å². The van der Waals surface area contributed by atoms with Gasteiger partial charge in [-0.2, -0.15) is 0 Å². The van der Waals surface area contributed by atoms with Gasteiger partial charge in [0.25, 0.3) is 0 Å². The lowest BCUT2D eigenvalue weighted by Crippen LogP contribution is -2.49. The van der Waals surface area contributed by atoms with Gasteiger partial charge in [0.05, 0.1) is 16.6 Å². The first-order valence-corrected chi connectivity index (χ1v) is 12.9. The number of thiazole rings is 1. The predicted molar refractivity (Wildman–Crippen MR) is 126 cm³/mol. The summed E-state index contributed by atoms with van der Waals surface area (Å²) in [4.78, 5) is 20.2. The molecule has 1 N–H and O–H groups in total. The first kappa shape index (κ1) is 21.9. The standard InChI is InChI=1S/C26H34N2O3S/c1-16(25(29)30)24(20-5-6-20)21-7-4-19-8-9-26(31-22(19)14-21)10-12-28(13-11-26)15-23-17(2)27-18(3)32-23/h4,7,14,16,20,24H,5-6,8-13,15H2,1-3H3,(H,29,30)/t16-,24-/m0/s1. The summed E-state index contributed by atoms with van der Waals surface area (Å²) in [5.74, 6) is 0.529. The van der Waals surface area contributed by atoms with E-state index in [9.17, 15) is 9.90 Å². The van der Waals surface area contributed by atoms with E-state index < -0.39 is 5.97 Å². The molecule has 2 fully saturated rings. The predicted octanol–water partition coefficient (Wildman–Crippen LogP) is 5.33. The van der Waals surface area contributed by atoms with Crippen LogP contribution >= 0.6 is 11.3 Å². The molecule has 0 unspecified atom stereocenters. The Morgan fingerprint density at radius 3 is 2.66 bits per heavy atom. The van der Waals surface area contributed by atoms with Crippen LogP contribution in [-0.2, 0) is 17.8 Å². The minimum atomic E-state index is -0.698. The zero-order valence-electron chi connectivity index (χ0n) is 19.4. The lowest BCUT2D eigenvalue weighted by atomic mass is 9.80. The average molecular weight is 455 g/mol. The van der Waals surface area contributed by atoms with E-state index >= 15 is 0 Å². The molecule has 1 aromatic heterocycles. The molecule has 1 aromatic carbocycles. The third-order valence-electron chi connectivity index (χ3n) is 7.84.